The summed E-state index contributed by atoms with van der Waals surface area (Å²) in [6, 6.07) is 10.5. The number of ether oxygens (including phenoxy) is 1. The van der Waals surface area contributed by atoms with Gasteiger partial charge in [0.25, 0.3) is 15.9 Å². The number of para-hydroxylation sites is 1. The number of anilines is 1. The number of hydrogen-bond donors (Lipinski definition) is 2. The molecule has 140 valence electrons. The van der Waals surface area contributed by atoms with Crippen molar-refractivity contribution in [1.82, 2.24) is 5.32 Å². The van der Waals surface area contributed by atoms with Crippen LogP contribution in [-0.2, 0) is 10.0 Å². The van der Waals surface area contributed by atoms with Crippen molar-refractivity contribution in [2.75, 3.05) is 11.8 Å². The van der Waals surface area contributed by atoms with Crippen LogP contribution in [0.1, 0.15) is 31.1 Å². The van der Waals surface area contributed by atoms with Gasteiger partial charge in [0.2, 0.25) is 0 Å². The summed E-state index contributed by atoms with van der Waals surface area (Å²) in [5.41, 5.74) is -0.0427. The topological polar surface area (TPSA) is 84.5 Å². The van der Waals surface area contributed by atoms with Gasteiger partial charge < -0.3 is 10.1 Å². The van der Waals surface area contributed by atoms with Crippen LogP contribution in [0.5, 0.6) is 5.75 Å². The number of benzene rings is 2. The molecule has 0 bridgehead atoms. The van der Waals surface area contributed by atoms with E-state index in [9.17, 15) is 13.2 Å². The molecule has 0 atom stereocenters. The molecule has 0 aromatic heterocycles. The van der Waals surface area contributed by atoms with Crippen molar-refractivity contribution in [2.45, 2.75) is 31.2 Å². The van der Waals surface area contributed by atoms with Crippen molar-refractivity contribution >= 4 is 33.2 Å². The van der Waals surface area contributed by atoms with Crippen molar-refractivity contribution in [3.05, 3.63) is 53.1 Å². The first-order chi connectivity index (χ1) is 12.0. The molecule has 0 saturated heterocycles. The highest BCUT2D eigenvalue weighted by atomic mass is 35.5. The van der Waals surface area contributed by atoms with E-state index in [0.717, 1.165) is 0 Å². The predicted octanol–water partition coefficient (Wildman–Crippen LogP) is 3.68. The first kappa shape index (κ1) is 20.1. The zero-order valence-electron chi connectivity index (χ0n) is 15.0. The summed E-state index contributed by atoms with van der Waals surface area (Å²) in [7, 11) is -2.49. The van der Waals surface area contributed by atoms with Gasteiger partial charge in [0, 0.05) is 5.54 Å². The molecular weight excluding hydrogens is 376 g/mol. The van der Waals surface area contributed by atoms with Crippen LogP contribution in [0.25, 0.3) is 0 Å². The van der Waals surface area contributed by atoms with Crippen LogP contribution in [0.4, 0.5) is 5.69 Å². The molecule has 0 aliphatic rings. The van der Waals surface area contributed by atoms with Crippen LogP contribution in [-0.4, -0.2) is 27.0 Å². The normalized spacial score (nSPS) is 11.7. The lowest BCUT2D eigenvalue weighted by Gasteiger charge is -2.21. The van der Waals surface area contributed by atoms with E-state index >= 15 is 0 Å². The van der Waals surface area contributed by atoms with Gasteiger partial charge in [-0.1, -0.05) is 23.7 Å². The summed E-state index contributed by atoms with van der Waals surface area (Å²) in [6.45, 7) is 5.53. The number of nitrogens with one attached hydrogen (secondary N) is 2. The molecule has 0 heterocycles. The highest BCUT2D eigenvalue weighted by Crippen LogP contribution is 2.28. The summed E-state index contributed by atoms with van der Waals surface area (Å²) < 4.78 is 32.8. The Morgan fingerprint density at radius 1 is 1.12 bits per heavy atom. The molecule has 0 aliphatic heterocycles. The van der Waals surface area contributed by atoms with E-state index in [-0.39, 0.29) is 27.1 Å². The fourth-order valence-corrected chi connectivity index (χ4v) is 3.62. The zero-order chi connectivity index (χ0) is 19.5. The lowest BCUT2D eigenvalue weighted by Crippen LogP contribution is -2.40. The van der Waals surface area contributed by atoms with Crippen molar-refractivity contribution in [1.29, 1.82) is 0 Å². The minimum atomic E-state index is -3.93. The highest BCUT2D eigenvalue weighted by Gasteiger charge is 2.22. The fourth-order valence-electron chi connectivity index (χ4n) is 2.20. The molecule has 2 aromatic carbocycles. The Labute approximate surface area is 158 Å². The fraction of sp³-hybridized carbons (Fsp3) is 0.278. The Balaban J connectivity index is 2.36. The van der Waals surface area contributed by atoms with Gasteiger partial charge in [0.1, 0.15) is 5.75 Å². The van der Waals surface area contributed by atoms with E-state index in [1.54, 1.807) is 18.2 Å². The van der Waals surface area contributed by atoms with Gasteiger partial charge in [-0.05, 0) is 51.1 Å². The Bertz CT molecular complexity index is 921. The highest BCUT2D eigenvalue weighted by molar-refractivity contribution is 7.92. The minimum Gasteiger partial charge on any atom is -0.495 e. The summed E-state index contributed by atoms with van der Waals surface area (Å²) in [6.07, 6.45) is 0. The minimum absolute atomic E-state index is 0.0330. The van der Waals surface area contributed by atoms with Crippen LogP contribution in [0.15, 0.2) is 47.4 Å². The van der Waals surface area contributed by atoms with Crippen LogP contribution >= 0.6 is 11.6 Å². The second-order valence-corrected chi connectivity index (χ2v) is 8.74. The third kappa shape index (κ3) is 4.89. The number of rotatable bonds is 5. The molecular formula is C18H21ClN2O4S. The second-order valence-electron chi connectivity index (χ2n) is 6.65. The van der Waals surface area contributed by atoms with E-state index in [2.05, 4.69) is 10.0 Å². The average Bonchev–Trinajstić information content (AvgIpc) is 2.53. The molecule has 0 saturated carbocycles. The van der Waals surface area contributed by atoms with Gasteiger partial charge in [-0.25, -0.2) is 8.42 Å². The first-order valence-electron chi connectivity index (χ1n) is 7.81. The molecule has 0 spiro atoms. The number of methoxy groups -OCH3 is 1. The van der Waals surface area contributed by atoms with E-state index in [1.807, 2.05) is 20.8 Å². The van der Waals surface area contributed by atoms with E-state index in [1.165, 1.54) is 31.4 Å². The maximum absolute atomic E-state index is 12.7. The van der Waals surface area contributed by atoms with Gasteiger partial charge in [0.15, 0.2) is 0 Å². The standard InChI is InChI=1S/C18H21ClN2O4S/c1-18(2,3)20-17(22)13-7-5-6-8-15(13)21-26(23,24)12-9-10-16(25-4)14(19)11-12/h5-11,21H,1-4H3,(H,20,22). The second kappa shape index (κ2) is 7.55. The summed E-state index contributed by atoms with van der Waals surface area (Å²) in [5.74, 6) is -0.000801. The summed E-state index contributed by atoms with van der Waals surface area (Å²) >= 11 is 6.01. The number of sulfonamides is 1. The quantitative estimate of drug-likeness (QED) is 0.807. The van der Waals surface area contributed by atoms with Gasteiger partial charge in [-0.2, -0.15) is 0 Å². The van der Waals surface area contributed by atoms with Gasteiger partial charge >= 0.3 is 0 Å². The van der Waals surface area contributed by atoms with E-state index in [4.69, 9.17) is 16.3 Å². The van der Waals surface area contributed by atoms with Gasteiger partial charge in [-0.3, -0.25) is 9.52 Å². The first-order valence-corrected chi connectivity index (χ1v) is 9.67. The zero-order valence-corrected chi connectivity index (χ0v) is 16.5. The number of carbonyl (C=O) groups is 1. The Morgan fingerprint density at radius 3 is 2.35 bits per heavy atom. The Morgan fingerprint density at radius 2 is 1.77 bits per heavy atom. The summed E-state index contributed by atoms with van der Waals surface area (Å²) in [4.78, 5) is 12.4. The monoisotopic (exact) mass is 396 g/mol. The lowest BCUT2D eigenvalue weighted by molar-refractivity contribution is 0.0920. The molecule has 0 aliphatic carbocycles. The van der Waals surface area contributed by atoms with Crippen molar-refractivity contribution in [2.24, 2.45) is 0 Å². The summed E-state index contributed by atoms with van der Waals surface area (Å²) in [5, 5.41) is 2.99. The number of carbonyl (C=O) groups excluding carboxylic acids is 1. The number of amides is 1. The van der Waals surface area contributed by atoms with E-state index in [0.29, 0.717) is 5.75 Å². The predicted molar refractivity (Wildman–Crippen MR) is 102 cm³/mol. The molecule has 0 radical (unpaired) electrons. The van der Waals surface area contributed by atoms with Crippen molar-refractivity contribution in [3.8, 4) is 5.75 Å². The maximum Gasteiger partial charge on any atom is 0.261 e. The number of hydrogen-bond acceptors (Lipinski definition) is 4. The van der Waals surface area contributed by atoms with Crippen molar-refractivity contribution < 1.29 is 17.9 Å². The third-order valence-electron chi connectivity index (χ3n) is 3.34. The molecule has 2 N–H and O–H groups in total. The third-order valence-corrected chi connectivity index (χ3v) is 5.00. The number of halogens is 1. The molecule has 26 heavy (non-hydrogen) atoms. The molecule has 2 rings (SSSR count). The molecule has 1 amide bonds. The van der Waals surface area contributed by atoms with Crippen LogP contribution in [0.3, 0.4) is 0 Å². The van der Waals surface area contributed by atoms with Crippen LogP contribution < -0.4 is 14.8 Å². The lowest BCUT2D eigenvalue weighted by atomic mass is 10.1. The molecule has 0 unspecified atom stereocenters. The maximum atomic E-state index is 12.7. The molecule has 2 aromatic rings. The molecule has 6 nitrogen and oxygen atoms in total. The van der Waals surface area contributed by atoms with Gasteiger partial charge in [0.05, 0.1) is 28.3 Å². The van der Waals surface area contributed by atoms with Gasteiger partial charge in [-0.15, -0.1) is 0 Å². The van der Waals surface area contributed by atoms with Crippen molar-refractivity contribution in [3.63, 3.8) is 0 Å². The molecule has 0 fully saturated rings. The van der Waals surface area contributed by atoms with Crippen LogP contribution in [0.2, 0.25) is 5.02 Å². The largest absolute Gasteiger partial charge is 0.495 e. The Hall–Kier alpha value is -2.25. The Kier molecular flexibility index (Phi) is 5.83. The molecule has 8 heteroatoms. The SMILES string of the molecule is COc1ccc(S(=O)(=O)Nc2ccccc2C(=O)NC(C)(C)C)cc1Cl. The smallest absolute Gasteiger partial charge is 0.261 e. The van der Waals surface area contributed by atoms with E-state index < -0.39 is 15.6 Å². The average molecular weight is 397 g/mol. The van der Waals surface area contributed by atoms with Crippen LogP contribution in [0, 0.1) is 0 Å².